The van der Waals surface area contributed by atoms with E-state index in [2.05, 4.69) is 0 Å². The molecule has 0 spiro atoms. The Kier molecular flexibility index (Phi) is 17.1. The van der Waals surface area contributed by atoms with Gasteiger partial charge in [0, 0.05) is 0 Å². The van der Waals surface area contributed by atoms with E-state index < -0.39 is 36.1 Å². The van der Waals surface area contributed by atoms with Crippen LogP contribution in [0.25, 0.3) is 0 Å². The van der Waals surface area contributed by atoms with Crippen molar-refractivity contribution in [3.63, 3.8) is 0 Å². The van der Waals surface area contributed by atoms with Crippen LogP contribution in [0.2, 0.25) is 0 Å². The van der Waals surface area contributed by atoms with Crippen LogP contribution in [-0.4, -0.2) is 87.4 Å². The van der Waals surface area contributed by atoms with E-state index in [0.717, 1.165) is 28.4 Å². The maximum Gasteiger partial charge on any atom is 0.434 e. The molecule has 1 atom stereocenters. The molecule has 0 radical (unpaired) electrons. The van der Waals surface area contributed by atoms with Crippen molar-refractivity contribution in [2.75, 3.05) is 41.1 Å². The summed E-state index contributed by atoms with van der Waals surface area (Å²) in [6, 6.07) is 17.1. The molecule has 45 heavy (non-hydrogen) atoms. The summed E-state index contributed by atoms with van der Waals surface area (Å²) in [7, 11) is 3.63. The summed E-state index contributed by atoms with van der Waals surface area (Å²) in [6.07, 6.45) is -1.36. The minimum Gasteiger partial charge on any atom is -0.467 e. The molecule has 0 aromatic heterocycles. The van der Waals surface area contributed by atoms with Crippen LogP contribution in [0.15, 0.2) is 60.7 Å². The van der Waals surface area contributed by atoms with Crippen LogP contribution in [0.1, 0.15) is 43.2 Å². The minimum atomic E-state index is -1.16. The smallest absolute Gasteiger partial charge is 0.434 e. The number of hydroxylamine groups is 4. The van der Waals surface area contributed by atoms with Crippen molar-refractivity contribution < 1.29 is 57.3 Å². The lowest BCUT2D eigenvalue weighted by molar-refractivity contribution is -0.175. The molecule has 14 nitrogen and oxygen atoms in total. The third-order valence-electron chi connectivity index (χ3n) is 6.19. The molecule has 0 aliphatic carbocycles. The number of hydrogen-bond acceptors (Lipinski definition) is 12. The highest BCUT2D eigenvalue weighted by atomic mass is 16.7. The molecule has 2 amide bonds. The Morgan fingerprint density at radius 2 is 1.16 bits per heavy atom. The standard InChI is InChI=1S/C31H40N2O12/c1-39-29(36)26(33(41-3)31(38)43-21-18-28(35)45-23-25-14-8-5-9-15-25)16-10-11-19-32(40-2)30(37)42-20-17-27(34)44-22-24-12-6-4-7-13-24/h4-9,12-15,26H,10-11,16-23H2,1-3H3/t26-/m0/s1. The maximum absolute atomic E-state index is 12.6. The molecule has 2 aromatic rings. The van der Waals surface area contributed by atoms with E-state index in [4.69, 9.17) is 33.4 Å². The molecule has 2 aromatic carbocycles. The molecule has 246 valence electrons. The second-order valence-electron chi connectivity index (χ2n) is 9.35. The molecule has 0 aliphatic rings. The van der Waals surface area contributed by atoms with Crippen molar-refractivity contribution in [2.45, 2.75) is 51.4 Å². The van der Waals surface area contributed by atoms with E-state index in [0.29, 0.717) is 12.8 Å². The summed E-state index contributed by atoms with van der Waals surface area (Å²) >= 11 is 0. The van der Waals surface area contributed by atoms with Crippen LogP contribution >= 0.6 is 0 Å². The normalized spacial score (nSPS) is 11.1. The van der Waals surface area contributed by atoms with Crippen LogP contribution in [0, 0.1) is 0 Å². The van der Waals surface area contributed by atoms with Crippen molar-refractivity contribution in [3.8, 4) is 0 Å². The zero-order chi connectivity index (χ0) is 32.9. The van der Waals surface area contributed by atoms with Crippen LogP contribution in [0.5, 0.6) is 0 Å². The molecule has 0 saturated heterocycles. The molecular weight excluding hydrogens is 592 g/mol. The van der Waals surface area contributed by atoms with Gasteiger partial charge in [-0.25, -0.2) is 14.4 Å². The number of methoxy groups -OCH3 is 1. The Balaban J connectivity index is 1.72. The van der Waals surface area contributed by atoms with Gasteiger partial charge in [0.1, 0.15) is 26.4 Å². The van der Waals surface area contributed by atoms with E-state index >= 15 is 0 Å². The number of rotatable bonds is 19. The second kappa shape index (κ2) is 21.1. The molecule has 14 heteroatoms. The molecule has 0 unspecified atom stereocenters. The van der Waals surface area contributed by atoms with E-state index in [1.54, 1.807) is 0 Å². The van der Waals surface area contributed by atoms with E-state index in [-0.39, 0.29) is 52.2 Å². The van der Waals surface area contributed by atoms with Gasteiger partial charge < -0.3 is 23.7 Å². The SMILES string of the molecule is COC(=O)[C@H](CCCCN(OC)C(=O)OCCC(=O)OCc1ccccc1)N(OC)C(=O)OCCC(=O)OCc1ccccc1. The molecule has 0 fully saturated rings. The minimum absolute atomic E-state index is 0.0875. The Morgan fingerprint density at radius 1 is 0.644 bits per heavy atom. The van der Waals surface area contributed by atoms with Gasteiger partial charge in [0.25, 0.3) is 0 Å². The lowest BCUT2D eigenvalue weighted by Crippen LogP contribution is -2.45. The van der Waals surface area contributed by atoms with Gasteiger partial charge in [-0.2, -0.15) is 10.1 Å². The molecule has 2 rings (SSSR count). The van der Waals surface area contributed by atoms with Crippen LogP contribution < -0.4 is 0 Å². The second-order valence-corrected chi connectivity index (χ2v) is 9.35. The Hall–Kier alpha value is -4.69. The van der Waals surface area contributed by atoms with Gasteiger partial charge >= 0.3 is 30.1 Å². The Morgan fingerprint density at radius 3 is 1.62 bits per heavy atom. The summed E-state index contributed by atoms with van der Waals surface area (Å²) in [4.78, 5) is 71.5. The van der Waals surface area contributed by atoms with Gasteiger partial charge in [-0.05, 0) is 30.4 Å². The van der Waals surface area contributed by atoms with Crippen molar-refractivity contribution in [2.24, 2.45) is 0 Å². The zero-order valence-corrected chi connectivity index (χ0v) is 25.7. The first-order valence-corrected chi connectivity index (χ1v) is 14.2. The van der Waals surface area contributed by atoms with Crippen LogP contribution in [-0.2, 0) is 61.0 Å². The number of hydrogen-bond donors (Lipinski definition) is 0. The summed E-state index contributed by atoms with van der Waals surface area (Å²) < 4.78 is 25.3. The Labute approximate surface area is 261 Å². The first-order chi connectivity index (χ1) is 21.8. The highest BCUT2D eigenvalue weighted by Crippen LogP contribution is 2.14. The first kappa shape index (κ1) is 36.5. The van der Waals surface area contributed by atoms with Gasteiger partial charge in [-0.1, -0.05) is 60.7 Å². The largest absolute Gasteiger partial charge is 0.467 e. The van der Waals surface area contributed by atoms with Crippen molar-refractivity contribution in [3.05, 3.63) is 71.8 Å². The number of ether oxygens (including phenoxy) is 5. The number of carbonyl (C=O) groups excluding carboxylic acids is 5. The highest BCUT2D eigenvalue weighted by molar-refractivity contribution is 5.80. The number of carbonyl (C=O) groups is 5. The highest BCUT2D eigenvalue weighted by Gasteiger charge is 2.32. The number of benzene rings is 2. The predicted molar refractivity (Wildman–Crippen MR) is 157 cm³/mol. The van der Waals surface area contributed by atoms with Crippen LogP contribution in [0.3, 0.4) is 0 Å². The summed E-state index contributed by atoms with van der Waals surface area (Å²) in [6.45, 7) is -0.205. The number of esters is 3. The fourth-order valence-electron chi connectivity index (χ4n) is 3.85. The van der Waals surface area contributed by atoms with E-state index in [9.17, 15) is 24.0 Å². The average Bonchev–Trinajstić information content (AvgIpc) is 3.06. The van der Waals surface area contributed by atoms with Crippen molar-refractivity contribution in [1.82, 2.24) is 10.1 Å². The van der Waals surface area contributed by atoms with Gasteiger partial charge in [-0.3, -0.25) is 19.3 Å². The fourth-order valence-corrected chi connectivity index (χ4v) is 3.85. The third kappa shape index (κ3) is 14.1. The van der Waals surface area contributed by atoms with Gasteiger partial charge in [0.15, 0.2) is 6.04 Å². The van der Waals surface area contributed by atoms with Crippen LogP contribution in [0.4, 0.5) is 9.59 Å². The van der Waals surface area contributed by atoms with Gasteiger partial charge in [0.05, 0.1) is 40.7 Å². The summed E-state index contributed by atoms with van der Waals surface area (Å²) in [5, 5.41) is 1.68. The molecule has 0 bridgehead atoms. The van der Waals surface area contributed by atoms with E-state index in [1.807, 2.05) is 60.7 Å². The fraction of sp³-hybridized carbons (Fsp3) is 0.452. The van der Waals surface area contributed by atoms with Gasteiger partial charge in [-0.15, -0.1) is 0 Å². The topological polar surface area (TPSA) is 156 Å². The molecular formula is C31H40N2O12. The van der Waals surface area contributed by atoms with Gasteiger partial charge in [0.2, 0.25) is 0 Å². The monoisotopic (exact) mass is 632 g/mol. The molecule has 0 aliphatic heterocycles. The molecule has 0 N–H and O–H groups in total. The number of unbranched alkanes of at least 4 members (excludes halogenated alkanes) is 1. The quantitative estimate of drug-likeness (QED) is 0.0952. The van der Waals surface area contributed by atoms with Crippen molar-refractivity contribution in [1.29, 1.82) is 0 Å². The molecule has 0 heterocycles. The molecule has 0 saturated carbocycles. The van der Waals surface area contributed by atoms with E-state index in [1.165, 1.54) is 14.2 Å². The lowest BCUT2D eigenvalue weighted by Gasteiger charge is -2.26. The maximum atomic E-state index is 12.6. The summed E-state index contributed by atoms with van der Waals surface area (Å²) in [5.74, 6) is -1.84. The summed E-state index contributed by atoms with van der Waals surface area (Å²) in [5.41, 5.74) is 1.65. The number of amides is 2. The Bertz CT molecular complexity index is 1200. The average molecular weight is 633 g/mol. The van der Waals surface area contributed by atoms with Crippen molar-refractivity contribution >= 4 is 30.1 Å². The predicted octanol–water partition coefficient (Wildman–Crippen LogP) is 3.97. The first-order valence-electron chi connectivity index (χ1n) is 14.2. The zero-order valence-electron chi connectivity index (χ0n) is 25.7. The lowest BCUT2D eigenvalue weighted by atomic mass is 10.1. The number of nitrogens with zero attached hydrogens (tertiary/aromatic N) is 2. The third-order valence-corrected chi connectivity index (χ3v) is 6.19.